The quantitative estimate of drug-likeness (QED) is 0.0738. The lowest BCUT2D eigenvalue weighted by atomic mass is 9.96. The van der Waals surface area contributed by atoms with Crippen LogP contribution in [0.25, 0.3) is 22.3 Å². The van der Waals surface area contributed by atoms with Gasteiger partial charge in [-0.2, -0.15) is 0 Å². The van der Waals surface area contributed by atoms with Gasteiger partial charge >= 0.3 is 0 Å². The normalized spacial score (nSPS) is 25.9. The van der Waals surface area contributed by atoms with Crippen molar-refractivity contribution in [3.63, 3.8) is 0 Å². The molecule has 12 N–H and O–H groups in total. The van der Waals surface area contributed by atoms with Crippen LogP contribution in [-0.2, 0) is 33.6 Å². The van der Waals surface area contributed by atoms with Crippen molar-refractivity contribution in [3.8, 4) is 33.8 Å². The molecule has 3 heterocycles. The third kappa shape index (κ3) is 14.8. The molecular weight excluding hydrogens is 1050 g/mol. The van der Waals surface area contributed by atoms with Crippen LogP contribution >= 0.6 is 0 Å². The summed E-state index contributed by atoms with van der Waals surface area (Å²) in [6.45, 7) is 4.82. The van der Waals surface area contributed by atoms with Gasteiger partial charge in [-0.25, -0.2) is 0 Å². The van der Waals surface area contributed by atoms with E-state index in [1.54, 1.807) is 12.1 Å². The van der Waals surface area contributed by atoms with Crippen molar-refractivity contribution in [1.82, 2.24) is 36.4 Å². The predicted octanol–water partition coefficient (Wildman–Crippen LogP) is -0.0373. The number of carbonyl (C=O) groups is 8. The Morgan fingerprint density at radius 3 is 1.77 bits per heavy atom. The number of phenols is 1. The monoisotopic (exact) mass is 1120 g/mol. The van der Waals surface area contributed by atoms with Crippen molar-refractivity contribution in [2.75, 3.05) is 26.2 Å². The highest BCUT2D eigenvalue weighted by Gasteiger charge is 2.50. The number of fused-ring (bicyclic) bond motifs is 2. The molecular formula is C58H71N7O16. The summed E-state index contributed by atoms with van der Waals surface area (Å²) in [5.41, 5.74) is 3.48. The van der Waals surface area contributed by atoms with Crippen molar-refractivity contribution in [2.45, 2.75) is 133 Å². The number of ether oxygens (including phenoxy) is 1. The molecule has 23 heteroatoms. The minimum absolute atomic E-state index is 0.0444. The molecule has 7 amide bonds. The molecule has 4 aromatic rings. The summed E-state index contributed by atoms with van der Waals surface area (Å²) in [5, 5.41) is 88.7. The van der Waals surface area contributed by atoms with Gasteiger partial charge < -0.3 is 76.9 Å². The fraction of sp³-hybridized carbons (Fsp3) is 0.448. The SMILES string of the molecule is CCCCCOc1ccc(-c2ccc(-c3ccc(C(=O)N[C@H]4CC(=O)CNC(=O)[C@@H]5[C@@H](O)[C@@H](C)CN5C(=O)[C@H]([C@@H](C)O)NC(=O)[C@H]([C@H](O)[C@@H](O)c5ccc(O)cc5)NC(=O)[C@@H]5C[C@@H](O)CN5C(=O)[C@H]([C@@H](C)O)NC4=O)cc3)cc2)cc1. The summed E-state index contributed by atoms with van der Waals surface area (Å²) in [6, 6.07) is 15.3. The van der Waals surface area contributed by atoms with Gasteiger partial charge in [0.1, 0.15) is 60.0 Å². The number of amides is 7. The number of carbonyl (C=O) groups excluding carboxylic acids is 8. The van der Waals surface area contributed by atoms with Crippen LogP contribution in [0, 0.1) is 5.92 Å². The van der Waals surface area contributed by atoms with Crippen LogP contribution in [0.2, 0.25) is 0 Å². The lowest BCUT2D eigenvalue weighted by Crippen LogP contribution is -2.64. The van der Waals surface area contributed by atoms with Gasteiger partial charge in [-0.05, 0) is 84.5 Å². The van der Waals surface area contributed by atoms with E-state index in [9.17, 15) is 74.1 Å². The Kier molecular flexibility index (Phi) is 20.4. The Morgan fingerprint density at radius 2 is 1.20 bits per heavy atom. The molecule has 0 unspecified atom stereocenters. The largest absolute Gasteiger partial charge is 0.508 e. The summed E-state index contributed by atoms with van der Waals surface area (Å²) in [6.07, 6.45) is -8.85. The number of rotatable bonds is 14. The first-order chi connectivity index (χ1) is 38.6. The predicted molar refractivity (Wildman–Crippen MR) is 291 cm³/mol. The number of nitrogens with one attached hydrogen (secondary N) is 5. The molecule has 0 saturated carbocycles. The Balaban J connectivity index is 1.16. The zero-order valence-corrected chi connectivity index (χ0v) is 45.3. The van der Waals surface area contributed by atoms with Crippen molar-refractivity contribution >= 4 is 47.1 Å². The minimum atomic E-state index is -2.27. The number of hydrogen-bond donors (Lipinski definition) is 12. The average Bonchev–Trinajstić information content (AvgIpc) is 4.09. The van der Waals surface area contributed by atoms with Crippen molar-refractivity contribution < 1.29 is 78.8 Å². The fourth-order valence-electron chi connectivity index (χ4n) is 10.1. The van der Waals surface area contributed by atoms with E-state index in [1.165, 1.54) is 43.3 Å². The van der Waals surface area contributed by atoms with Gasteiger partial charge in [0, 0.05) is 37.4 Å². The average molecular weight is 1120 g/mol. The van der Waals surface area contributed by atoms with Gasteiger partial charge in [0.15, 0.2) is 5.78 Å². The topological polar surface area (TPSA) is 354 Å². The smallest absolute Gasteiger partial charge is 0.251 e. The van der Waals surface area contributed by atoms with Crippen molar-refractivity contribution in [1.29, 1.82) is 0 Å². The number of Topliss-reactive ketones (excluding diaryl/α,β-unsaturated/α-hetero) is 1. The van der Waals surface area contributed by atoms with Gasteiger partial charge in [-0.15, -0.1) is 0 Å². The number of hydrogen-bond acceptors (Lipinski definition) is 16. The molecule has 3 aliphatic rings. The highest BCUT2D eigenvalue weighted by molar-refractivity contribution is 6.02. The lowest BCUT2D eigenvalue weighted by molar-refractivity contribution is -0.147. The Hall–Kier alpha value is -7.80. The maximum Gasteiger partial charge on any atom is 0.251 e. The zero-order chi connectivity index (χ0) is 58.8. The first-order valence-electron chi connectivity index (χ1n) is 27.0. The number of nitrogens with zero attached hydrogens (tertiary/aromatic N) is 2. The van der Waals surface area contributed by atoms with Crippen LogP contribution in [0.15, 0.2) is 97.1 Å². The van der Waals surface area contributed by atoms with Crippen LogP contribution in [0.1, 0.15) is 81.8 Å². The summed E-state index contributed by atoms with van der Waals surface area (Å²) in [7, 11) is 0. The third-order valence-corrected chi connectivity index (χ3v) is 14.8. The van der Waals surface area contributed by atoms with Crippen LogP contribution in [0.4, 0.5) is 0 Å². The van der Waals surface area contributed by atoms with E-state index in [1.807, 2.05) is 48.5 Å². The standard InChI is InChI=1S/C58H71N7O16/c1-5-6-7-24-81-42-22-18-36(19-23-42)34-10-8-33(9-11-34)35-12-14-38(15-13-35)52(74)60-43-25-40(69)27-59-56(78)48-49(71)30(2)28-65(48)58(80)46(32(4)67)62-55(77)47(51(73)50(72)37-16-20-39(68)21-17-37)63-54(76)44-26-41(70)29-64(44)57(79)45(31(3)66)61-53(43)75/h8-23,30-32,41,43-51,66-68,70-73H,5-7,24-29H2,1-4H3,(H,59,78)(H,60,74)(H,61,75)(H,62,77)(H,63,76)/t30-,31+,32+,41+,43-,44-,45-,46-,47-,48-,49-,50-,51-/m0/s1. The maximum absolute atomic E-state index is 14.4. The molecule has 4 aromatic carbocycles. The molecule has 434 valence electrons. The lowest BCUT2D eigenvalue weighted by Gasteiger charge is -2.34. The summed E-state index contributed by atoms with van der Waals surface area (Å²) >= 11 is 0. The van der Waals surface area contributed by atoms with Crippen LogP contribution < -0.4 is 31.3 Å². The highest BCUT2D eigenvalue weighted by Crippen LogP contribution is 2.30. The van der Waals surface area contributed by atoms with E-state index in [-0.39, 0.29) is 23.4 Å². The zero-order valence-electron chi connectivity index (χ0n) is 45.3. The molecule has 0 aliphatic carbocycles. The fourth-order valence-corrected chi connectivity index (χ4v) is 10.1. The van der Waals surface area contributed by atoms with E-state index in [2.05, 4.69) is 33.5 Å². The second-order valence-electron chi connectivity index (χ2n) is 21.0. The number of benzene rings is 4. The van der Waals surface area contributed by atoms with E-state index in [0.29, 0.717) is 6.61 Å². The van der Waals surface area contributed by atoms with E-state index in [0.717, 1.165) is 70.9 Å². The first-order valence-corrected chi connectivity index (χ1v) is 27.0. The van der Waals surface area contributed by atoms with Gasteiger partial charge in [0.25, 0.3) is 5.91 Å². The van der Waals surface area contributed by atoms with Crippen molar-refractivity contribution in [3.05, 3.63) is 108 Å². The second-order valence-corrected chi connectivity index (χ2v) is 21.0. The van der Waals surface area contributed by atoms with E-state index in [4.69, 9.17) is 4.74 Å². The van der Waals surface area contributed by atoms with Crippen LogP contribution in [0.5, 0.6) is 11.5 Å². The van der Waals surface area contributed by atoms with Gasteiger partial charge in [0.2, 0.25) is 35.4 Å². The van der Waals surface area contributed by atoms with Gasteiger partial charge in [-0.3, -0.25) is 38.4 Å². The third-order valence-electron chi connectivity index (χ3n) is 14.8. The van der Waals surface area contributed by atoms with Gasteiger partial charge in [0.05, 0.1) is 37.6 Å². The molecule has 13 atom stereocenters. The maximum atomic E-state index is 14.4. The molecule has 0 aromatic heterocycles. The summed E-state index contributed by atoms with van der Waals surface area (Å²) < 4.78 is 5.84. The molecule has 23 nitrogen and oxygen atoms in total. The number of phenolic OH excluding ortho intramolecular Hbond substituents is 1. The molecule has 3 fully saturated rings. The number of unbranched alkanes of at least 4 members (excludes halogenated alkanes) is 2. The number of aliphatic hydroxyl groups excluding tert-OH is 6. The van der Waals surface area contributed by atoms with Crippen molar-refractivity contribution in [2.24, 2.45) is 5.92 Å². The summed E-state index contributed by atoms with van der Waals surface area (Å²) in [5.74, 6) is -9.03. The molecule has 0 spiro atoms. The molecule has 0 bridgehead atoms. The molecule has 3 saturated heterocycles. The Morgan fingerprint density at radius 1 is 0.667 bits per heavy atom. The molecule has 7 rings (SSSR count). The van der Waals surface area contributed by atoms with E-state index >= 15 is 0 Å². The second kappa shape index (κ2) is 27.1. The Bertz CT molecular complexity index is 2890. The Labute approximate surface area is 467 Å². The van der Waals surface area contributed by atoms with Crippen LogP contribution in [0.3, 0.4) is 0 Å². The number of ketones is 1. The molecule has 0 radical (unpaired) electrons. The number of aliphatic hydroxyl groups is 6. The van der Waals surface area contributed by atoms with Gasteiger partial charge in [-0.1, -0.05) is 87.4 Å². The van der Waals surface area contributed by atoms with E-state index < -0.39 is 152 Å². The first kappa shape index (κ1) is 60.8. The van der Waals surface area contributed by atoms with Crippen LogP contribution in [-0.4, -0.2) is 186 Å². The highest BCUT2D eigenvalue weighted by atomic mass is 16.5. The minimum Gasteiger partial charge on any atom is -0.508 e. The molecule has 3 aliphatic heterocycles. The molecule has 81 heavy (non-hydrogen) atoms. The summed E-state index contributed by atoms with van der Waals surface area (Å²) in [4.78, 5) is 115. The number of aromatic hydroxyl groups is 1.